The lowest BCUT2D eigenvalue weighted by Crippen LogP contribution is -2.44. The molecule has 0 aromatic rings. The quantitative estimate of drug-likeness (QED) is 0.655. The molecule has 2 unspecified atom stereocenters. The molecule has 4 heteroatoms. The second-order valence-corrected chi connectivity index (χ2v) is 5.70. The van der Waals surface area contributed by atoms with Gasteiger partial charge in [-0.05, 0) is 33.0 Å². The maximum atomic E-state index is 11.9. The SMILES string of the molecule is CCNCC(C)C(=O)NCC(CC(C)C)N(C)C. The van der Waals surface area contributed by atoms with Gasteiger partial charge in [-0.25, -0.2) is 0 Å². The standard InChI is InChI=1S/C14H31N3O/c1-7-15-9-12(4)14(18)16-10-13(17(5)6)8-11(2)3/h11-13,15H,7-10H2,1-6H3,(H,16,18). The fourth-order valence-electron chi connectivity index (χ4n) is 1.87. The van der Waals surface area contributed by atoms with E-state index in [1.165, 1.54) is 0 Å². The topological polar surface area (TPSA) is 44.4 Å². The van der Waals surface area contributed by atoms with Gasteiger partial charge in [-0.2, -0.15) is 0 Å². The zero-order valence-electron chi connectivity index (χ0n) is 12.9. The number of amides is 1. The molecule has 0 saturated heterocycles. The van der Waals surface area contributed by atoms with E-state index in [0.717, 1.165) is 26.1 Å². The minimum absolute atomic E-state index is 0.0341. The van der Waals surface area contributed by atoms with E-state index in [0.29, 0.717) is 12.0 Å². The Kier molecular flexibility index (Phi) is 9.02. The number of rotatable bonds is 9. The largest absolute Gasteiger partial charge is 0.354 e. The molecule has 4 nitrogen and oxygen atoms in total. The summed E-state index contributed by atoms with van der Waals surface area (Å²) in [5.74, 6) is 0.826. The van der Waals surface area contributed by atoms with E-state index in [1.54, 1.807) is 0 Å². The first-order valence-electron chi connectivity index (χ1n) is 7.03. The van der Waals surface area contributed by atoms with Crippen LogP contribution in [0.25, 0.3) is 0 Å². The smallest absolute Gasteiger partial charge is 0.224 e. The Morgan fingerprint density at radius 3 is 2.22 bits per heavy atom. The molecule has 0 heterocycles. The second-order valence-electron chi connectivity index (χ2n) is 5.70. The molecule has 0 bridgehead atoms. The van der Waals surface area contributed by atoms with E-state index in [4.69, 9.17) is 0 Å². The Bertz CT molecular complexity index is 229. The van der Waals surface area contributed by atoms with Crippen LogP contribution in [0.3, 0.4) is 0 Å². The lowest BCUT2D eigenvalue weighted by atomic mass is 10.0. The Morgan fingerprint density at radius 1 is 1.17 bits per heavy atom. The zero-order valence-corrected chi connectivity index (χ0v) is 12.9. The molecule has 0 aromatic heterocycles. The van der Waals surface area contributed by atoms with Crippen molar-refractivity contribution in [3.05, 3.63) is 0 Å². The van der Waals surface area contributed by atoms with Gasteiger partial charge in [0.2, 0.25) is 5.91 Å². The molecule has 2 N–H and O–H groups in total. The fourth-order valence-corrected chi connectivity index (χ4v) is 1.87. The van der Waals surface area contributed by atoms with Crippen molar-refractivity contribution in [3.63, 3.8) is 0 Å². The maximum Gasteiger partial charge on any atom is 0.224 e. The predicted octanol–water partition coefficient (Wildman–Crippen LogP) is 1.32. The van der Waals surface area contributed by atoms with Crippen LogP contribution < -0.4 is 10.6 Å². The van der Waals surface area contributed by atoms with E-state index < -0.39 is 0 Å². The molecule has 0 fully saturated rings. The van der Waals surface area contributed by atoms with Gasteiger partial charge in [0.15, 0.2) is 0 Å². The first-order chi connectivity index (χ1) is 8.38. The van der Waals surface area contributed by atoms with Crippen LogP contribution in [0, 0.1) is 11.8 Å². The van der Waals surface area contributed by atoms with Crippen molar-refractivity contribution < 1.29 is 4.79 Å². The Balaban J connectivity index is 4.06. The predicted molar refractivity (Wildman–Crippen MR) is 77.6 cm³/mol. The van der Waals surface area contributed by atoms with Crippen LogP contribution in [0.15, 0.2) is 0 Å². The molecule has 0 aliphatic carbocycles. The van der Waals surface area contributed by atoms with Gasteiger partial charge < -0.3 is 15.5 Å². The highest BCUT2D eigenvalue weighted by Crippen LogP contribution is 2.08. The molecule has 2 atom stereocenters. The molecule has 0 saturated carbocycles. The van der Waals surface area contributed by atoms with Crippen molar-refractivity contribution in [1.29, 1.82) is 0 Å². The van der Waals surface area contributed by atoms with Crippen LogP contribution in [0.5, 0.6) is 0 Å². The minimum atomic E-state index is 0.0341. The van der Waals surface area contributed by atoms with Crippen molar-refractivity contribution in [3.8, 4) is 0 Å². The van der Waals surface area contributed by atoms with Crippen molar-refractivity contribution in [1.82, 2.24) is 15.5 Å². The van der Waals surface area contributed by atoms with Crippen LogP contribution in [0.4, 0.5) is 0 Å². The van der Waals surface area contributed by atoms with Crippen molar-refractivity contribution >= 4 is 5.91 Å². The molecule has 0 radical (unpaired) electrons. The van der Waals surface area contributed by atoms with E-state index in [2.05, 4.69) is 50.4 Å². The van der Waals surface area contributed by atoms with Crippen molar-refractivity contribution in [2.75, 3.05) is 33.7 Å². The Hall–Kier alpha value is -0.610. The number of nitrogens with zero attached hydrogens (tertiary/aromatic N) is 1. The van der Waals surface area contributed by atoms with Gasteiger partial charge in [0, 0.05) is 25.0 Å². The summed E-state index contributed by atoms with van der Waals surface area (Å²) in [7, 11) is 4.14. The lowest BCUT2D eigenvalue weighted by molar-refractivity contribution is -0.124. The third kappa shape index (κ3) is 7.67. The summed E-state index contributed by atoms with van der Waals surface area (Å²) in [4.78, 5) is 14.1. The van der Waals surface area contributed by atoms with Crippen LogP contribution >= 0.6 is 0 Å². The van der Waals surface area contributed by atoms with Gasteiger partial charge in [-0.1, -0.05) is 27.7 Å². The van der Waals surface area contributed by atoms with E-state index in [1.807, 2.05) is 6.92 Å². The number of carbonyl (C=O) groups excluding carboxylic acids is 1. The Morgan fingerprint density at radius 2 is 1.78 bits per heavy atom. The molecular weight excluding hydrogens is 226 g/mol. The van der Waals surface area contributed by atoms with Gasteiger partial charge in [-0.3, -0.25) is 4.79 Å². The summed E-state index contributed by atoms with van der Waals surface area (Å²) in [6, 6.07) is 0.417. The zero-order chi connectivity index (χ0) is 14.1. The number of nitrogens with one attached hydrogen (secondary N) is 2. The van der Waals surface area contributed by atoms with E-state index >= 15 is 0 Å². The molecule has 0 aliphatic heterocycles. The molecule has 0 aliphatic rings. The summed E-state index contributed by atoms with van der Waals surface area (Å²) in [6.07, 6.45) is 1.11. The summed E-state index contributed by atoms with van der Waals surface area (Å²) in [6.45, 7) is 10.8. The Labute approximate surface area is 113 Å². The lowest BCUT2D eigenvalue weighted by Gasteiger charge is -2.26. The van der Waals surface area contributed by atoms with Gasteiger partial charge in [0.1, 0.15) is 0 Å². The van der Waals surface area contributed by atoms with Crippen molar-refractivity contribution in [2.45, 2.75) is 40.2 Å². The van der Waals surface area contributed by atoms with Gasteiger partial charge >= 0.3 is 0 Å². The van der Waals surface area contributed by atoms with E-state index in [9.17, 15) is 4.79 Å². The second kappa shape index (κ2) is 9.34. The number of likely N-dealkylation sites (N-methyl/N-ethyl adjacent to an activating group) is 1. The summed E-state index contributed by atoms with van der Waals surface area (Å²) in [5.41, 5.74) is 0. The van der Waals surface area contributed by atoms with Crippen LogP contribution in [0.2, 0.25) is 0 Å². The molecule has 0 spiro atoms. The van der Waals surface area contributed by atoms with Gasteiger partial charge in [0.05, 0.1) is 0 Å². The number of hydrogen-bond acceptors (Lipinski definition) is 3. The highest BCUT2D eigenvalue weighted by atomic mass is 16.1. The highest BCUT2D eigenvalue weighted by molar-refractivity contribution is 5.78. The summed E-state index contributed by atoms with van der Waals surface area (Å²) >= 11 is 0. The van der Waals surface area contributed by atoms with Gasteiger partial charge in [-0.15, -0.1) is 0 Å². The first-order valence-corrected chi connectivity index (χ1v) is 7.03. The third-order valence-electron chi connectivity index (χ3n) is 3.13. The normalized spacial score (nSPS) is 14.9. The minimum Gasteiger partial charge on any atom is -0.354 e. The summed E-state index contributed by atoms with van der Waals surface area (Å²) < 4.78 is 0. The molecule has 0 aromatic carbocycles. The van der Waals surface area contributed by atoms with Crippen LogP contribution in [0.1, 0.15) is 34.1 Å². The first kappa shape index (κ1) is 17.4. The van der Waals surface area contributed by atoms with Crippen LogP contribution in [-0.4, -0.2) is 50.6 Å². The molecule has 1 amide bonds. The number of hydrogen-bond donors (Lipinski definition) is 2. The number of carbonyl (C=O) groups is 1. The molecule has 108 valence electrons. The average Bonchev–Trinajstić information content (AvgIpc) is 2.30. The average molecular weight is 257 g/mol. The monoisotopic (exact) mass is 257 g/mol. The molecule has 0 rings (SSSR count). The summed E-state index contributed by atoms with van der Waals surface area (Å²) in [5, 5.41) is 6.26. The van der Waals surface area contributed by atoms with Gasteiger partial charge in [0.25, 0.3) is 0 Å². The van der Waals surface area contributed by atoms with E-state index in [-0.39, 0.29) is 11.8 Å². The molecule has 18 heavy (non-hydrogen) atoms. The maximum absolute atomic E-state index is 11.9. The highest BCUT2D eigenvalue weighted by Gasteiger charge is 2.17. The van der Waals surface area contributed by atoms with Crippen molar-refractivity contribution in [2.24, 2.45) is 11.8 Å². The third-order valence-corrected chi connectivity index (χ3v) is 3.13. The molecular formula is C14H31N3O. The fraction of sp³-hybridized carbons (Fsp3) is 0.929. The van der Waals surface area contributed by atoms with Crippen LogP contribution in [-0.2, 0) is 4.79 Å².